The molecular weight excluding hydrogens is 502 g/mol. The van der Waals surface area contributed by atoms with Crippen molar-refractivity contribution in [3.05, 3.63) is 125 Å². The number of halogens is 1. The number of carbonyl (C=O) groups excluding carboxylic acids is 1. The second kappa shape index (κ2) is 9.84. The molecule has 0 spiro atoms. The van der Waals surface area contributed by atoms with Crippen LogP contribution in [0.15, 0.2) is 118 Å². The molecule has 0 radical (unpaired) electrons. The molecule has 5 heteroatoms. The van der Waals surface area contributed by atoms with E-state index in [0.29, 0.717) is 39.5 Å². The van der Waals surface area contributed by atoms with Gasteiger partial charge in [-0.1, -0.05) is 94.8 Å². The summed E-state index contributed by atoms with van der Waals surface area (Å²) in [5.41, 5.74) is 3.58. The van der Waals surface area contributed by atoms with E-state index in [0.717, 1.165) is 15.6 Å². The summed E-state index contributed by atoms with van der Waals surface area (Å²) in [5, 5.41) is 10.2. The first-order valence-corrected chi connectivity index (χ1v) is 11.7. The Morgan fingerprint density at radius 3 is 1.94 bits per heavy atom. The Morgan fingerprint density at radius 2 is 1.31 bits per heavy atom. The minimum absolute atomic E-state index is 0.342. The number of benzene rings is 4. The Labute approximate surface area is 211 Å². The van der Waals surface area contributed by atoms with E-state index in [9.17, 15) is 10.1 Å². The third-order valence-electron chi connectivity index (χ3n) is 5.53. The number of nitriles is 1. The van der Waals surface area contributed by atoms with Gasteiger partial charge in [0.05, 0.1) is 11.1 Å². The van der Waals surface area contributed by atoms with Crippen LogP contribution in [0.3, 0.4) is 0 Å². The lowest BCUT2D eigenvalue weighted by molar-refractivity contribution is 0.0735. The number of esters is 1. The van der Waals surface area contributed by atoms with Crippen molar-refractivity contribution in [3.8, 4) is 45.6 Å². The number of para-hydroxylation sites is 1. The molecule has 0 atom stereocenters. The normalized spacial score (nSPS) is 10.5. The van der Waals surface area contributed by atoms with Gasteiger partial charge in [0.2, 0.25) is 0 Å². The zero-order valence-corrected chi connectivity index (χ0v) is 20.0. The molecule has 0 aliphatic carbocycles. The maximum absolute atomic E-state index is 12.9. The fraction of sp³-hybridized carbons (Fsp3) is 0. The molecule has 0 saturated carbocycles. The molecule has 1 heterocycles. The number of carbonyl (C=O) groups is 1. The highest BCUT2D eigenvalue weighted by Crippen LogP contribution is 2.45. The van der Waals surface area contributed by atoms with Crippen molar-refractivity contribution < 1.29 is 13.9 Å². The van der Waals surface area contributed by atoms with E-state index < -0.39 is 5.97 Å². The van der Waals surface area contributed by atoms with Crippen LogP contribution >= 0.6 is 15.9 Å². The molecule has 0 unspecified atom stereocenters. The first-order valence-electron chi connectivity index (χ1n) is 10.9. The Bertz CT molecular complexity index is 1530. The predicted octanol–water partition coefficient (Wildman–Crippen LogP) is 8.13. The van der Waals surface area contributed by atoms with Crippen LogP contribution in [0, 0.1) is 11.3 Å². The molecule has 5 rings (SSSR count). The van der Waals surface area contributed by atoms with Crippen LogP contribution in [0.5, 0.6) is 5.75 Å². The number of ether oxygens (including phenoxy) is 1. The molecule has 4 nitrogen and oxygen atoms in total. The van der Waals surface area contributed by atoms with E-state index in [1.54, 1.807) is 36.4 Å². The maximum atomic E-state index is 12.9. The summed E-state index contributed by atoms with van der Waals surface area (Å²) in [4.78, 5) is 12.9. The summed E-state index contributed by atoms with van der Waals surface area (Å²) in [6.45, 7) is 0. The maximum Gasteiger partial charge on any atom is 0.343 e. The number of hydrogen-bond donors (Lipinski definition) is 0. The monoisotopic (exact) mass is 519 g/mol. The van der Waals surface area contributed by atoms with Gasteiger partial charge < -0.3 is 9.15 Å². The van der Waals surface area contributed by atoms with Gasteiger partial charge in [-0.25, -0.2) is 4.79 Å². The van der Waals surface area contributed by atoms with E-state index in [2.05, 4.69) is 22.0 Å². The Balaban J connectivity index is 1.69. The molecule has 0 amide bonds. The number of furan rings is 1. The summed E-state index contributed by atoms with van der Waals surface area (Å²) >= 11 is 3.38. The number of hydrogen-bond acceptors (Lipinski definition) is 4. The molecule has 5 aromatic rings. The smallest absolute Gasteiger partial charge is 0.343 e. The van der Waals surface area contributed by atoms with Gasteiger partial charge in [-0.3, -0.25) is 0 Å². The third-order valence-corrected chi connectivity index (χ3v) is 6.06. The van der Waals surface area contributed by atoms with E-state index in [1.165, 1.54) is 0 Å². The Morgan fingerprint density at radius 1 is 0.743 bits per heavy atom. The Kier molecular flexibility index (Phi) is 6.30. The minimum atomic E-state index is -0.489. The minimum Gasteiger partial charge on any atom is -0.454 e. The molecule has 0 N–H and O–H groups in total. The molecule has 0 bridgehead atoms. The summed E-state index contributed by atoms with van der Waals surface area (Å²) in [6.07, 6.45) is 0. The second-order valence-electron chi connectivity index (χ2n) is 7.75. The summed E-state index contributed by atoms with van der Waals surface area (Å²) in [7, 11) is 0. The van der Waals surface area contributed by atoms with Crippen molar-refractivity contribution in [2.75, 3.05) is 0 Å². The van der Waals surface area contributed by atoms with Crippen LogP contribution in [0.25, 0.3) is 33.8 Å². The molecule has 0 saturated heterocycles. The van der Waals surface area contributed by atoms with Crippen molar-refractivity contribution in [2.24, 2.45) is 0 Å². The highest BCUT2D eigenvalue weighted by atomic mass is 79.9. The van der Waals surface area contributed by atoms with Gasteiger partial charge in [-0.2, -0.15) is 5.26 Å². The summed E-state index contributed by atoms with van der Waals surface area (Å²) < 4.78 is 13.0. The van der Waals surface area contributed by atoms with Gasteiger partial charge in [-0.15, -0.1) is 0 Å². The molecular formula is C30H18BrNO3. The Hall–Kier alpha value is -4.40. The van der Waals surface area contributed by atoms with E-state index in [4.69, 9.17) is 9.15 Å². The van der Waals surface area contributed by atoms with E-state index in [-0.39, 0.29) is 0 Å². The van der Waals surface area contributed by atoms with Gasteiger partial charge in [0.25, 0.3) is 0 Å². The lowest BCUT2D eigenvalue weighted by Crippen LogP contribution is -2.09. The zero-order chi connectivity index (χ0) is 24.2. The standard InChI is InChI=1S/C30H18BrNO3/c31-23-17-15-22(16-18-23)30(33)34-26-14-8-7-13-24(26)27-25(19-32)28(20-9-3-1-4-10-20)35-29(27)21-11-5-2-6-12-21/h1-18H. The van der Waals surface area contributed by atoms with Crippen LogP contribution < -0.4 is 4.74 Å². The zero-order valence-electron chi connectivity index (χ0n) is 18.4. The van der Waals surface area contributed by atoms with Gasteiger partial charge in [0.1, 0.15) is 23.1 Å². The topological polar surface area (TPSA) is 63.2 Å². The van der Waals surface area contributed by atoms with Crippen LogP contribution in [0.4, 0.5) is 0 Å². The summed E-state index contributed by atoms with van der Waals surface area (Å²) in [6, 6.07) is 35.6. The third kappa shape index (κ3) is 4.52. The molecule has 1 aromatic heterocycles. The van der Waals surface area contributed by atoms with E-state index in [1.807, 2.05) is 72.8 Å². The van der Waals surface area contributed by atoms with Crippen molar-refractivity contribution in [1.82, 2.24) is 0 Å². The van der Waals surface area contributed by atoms with Crippen LogP contribution in [0.1, 0.15) is 15.9 Å². The first-order chi connectivity index (χ1) is 17.2. The largest absolute Gasteiger partial charge is 0.454 e. The fourth-order valence-electron chi connectivity index (χ4n) is 3.89. The van der Waals surface area contributed by atoms with Crippen molar-refractivity contribution in [3.63, 3.8) is 0 Å². The van der Waals surface area contributed by atoms with Crippen molar-refractivity contribution in [2.45, 2.75) is 0 Å². The van der Waals surface area contributed by atoms with Crippen LogP contribution in [-0.2, 0) is 0 Å². The predicted molar refractivity (Wildman–Crippen MR) is 139 cm³/mol. The summed E-state index contributed by atoms with van der Waals surface area (Å²) in [5.74, 6) is 0.857. The highest BCUT2D eigenvalue weighted by Gasteiger charge is 2.26. The van der Waals surface area contributed by atoms with Crippen LogP contribution in [0.2, 0.25) is 0 Å². The first kappa shape index (κ1) is 22.4. The lowest BCUT2D eigenvalue weighted by Gasteiger charge is -2.11. The van der Waals surface area contributed by atoms with Crippen molar-refractivity contribution >= 4 is 21.9 Å². The van der Waals surface area contributed by atoms with Gasteiger partial charge in [-0.05, 0) is 30.3 Å². The molecule has 0 aliphatic heterocycles. The fourth-order valence-corrected chi connectivity index (χ4v) is 4.15. The van der Waals surface area contributed by atoms with Gasteiger partial charge >= 0.3 is 5.97 Å². The van der Waals surface area contributed by atoms with Crippen molar-refractivity contribution in [1.29, 1.82) is 5.26 Å². The average molecular weight is 520 g/mol. The SMILES string of the molecule is N#Cc1c(-c2ccccc2)oc(-c2ccccc2)c1-c1ccccc1OC(=O)c1ccc(Br)cc1. The molecule has 0 aliphatic rings. The van der Waals surface area contributed by atoms with Crippen LogP contribution in [-0.4, -0.2) is 5.97 Å². The average Bonchev–Trinajstić information content (AvgIpc) is 3.30. The number of nitrogens with zero attached hydrogens (tertiary/aromatic N) is 1. The molecule has 35 heavy (non-hydrogen) atoms. The second-order valence-corrected chi connectivity index (χ2v) is 8.66. The van der Waals surface area contributed by atoms with Gasteiger partial charge in [0, 0.05) is 21.2 Å². The highest BCUT2D eigenvalue weighted by molar-refractivity contribution is 9.10. The number of rotatable bonds is 5. The van der Waals surface area contributed by atoms with Gasteiger partial charge in [0.15, 0.2) is 5.76 Å². The van der Waals surface area contributed by atoms with E-state index >= 15 is 0 Å². The molecule has 168 valence electrons. The lowest BCUT2D eigenvalue weighted by atomic mass is 9.95. The molecule has 4 aromatic carbocycles. The quantitative estimate of drug-likeness (QED) is 0.173. The molecule has 0 fully saturated rings.